The molecule has 0 aliphatic heterocycles. The topological polar surface area (TPSA) is 29.9 Å². The minimum absolute atomic E-state index is 0.158. The molecule has 3 rings (SSSR count). The third-order valence-electron chi connectivity index (χ3n) is 3.97. The van der Waals surface area contributed by atoms with E-state index in [1.165, 1.54) is 11.3 Å². The molecule has 1 saturated carbocycles. The third kappa shape index (κ3) is 2.68. The summed E-state index contributed by atoms with van der Waals surface area (Å²) >= 11 is 0. The molecule has 3 nitrogen and oxygen atoms in total. The van der Waals surface area contributed by atoms with Crippen molar-refractivity contribution in [3.05, 3.63) is 53.6 Å². The van der Waals surface area contributed by atoms with Gasteiger partial charge in [0.05, 0.1) is 5.69 Å². The van der Waals surface area contributed by atoms with Crippen molar-refractivity contribution in [3.8, 4) is 0 Å². The average molecular weight is 259 g/mol. The Kier molecular flexibility index (Phi) is 3.34. The van der Waals surface area contributed by atoms with Gasteiger partial charge in [-0.15, -0.1) is 0 Å². The van der Waals surface area contributed by atoms with Crippen molar-refractivity contribution in [3.63, 3.8) is 0 Å². The molecule has 0 spiro atoms. The van der Waals surface area contributed by atoms with Gasteiger partial charge in [0.25, 0.3) is 0 Å². The Morgan fingerprint density at radius 3 is 2.63 bits per heavy atom. The zero-order chi connectivity index (χ0) is 13.2. The quantitative estimate of drug-likeness (QED) is 0.914. The fourth-order valence-corrected chi connectivity index (χ4v) is 2.62. The third-order valence-corrected chi connectivity index (χ3v) is 3.97. The Morgan fingerprint density at radius 1 is 1.26 bits per heavy atom. The van der Waals surface area contributed by atoms with Gasteiger partial charge < -0.3 is 5.32 Å². The van der Waals surface area contributed by atoms with Crippen LogP contribution in [0, 0.1) is 5.82 Å². The number of halogens is 1. The summed E-state index contributed by atoms with van der Waals surface area (Å²) in [6, 6.07) is 9.49. The van der Waals surface area contributed by atoms with Gasteiger partial charge in [-0.2, -0.15) is 5.10 Å². The van der Waals surface area contributed by atoms with Crippen LogP contribution < -0.4 is 5.32 Å². The molecule has 0 saturated heterocycles. The number of hydrogen-bond acceptors (Lipinski definition) is 2. The largest absolute Gasteiger partial charge is 0.308 e. The molecule has 1 N–H and O–H groups in total. The van der Waals surface area contributed by atoms with Crippen molar-refractivity contribution in [1.29, 1.82) is 0 Å². The van der Waals surface area contributed by atoms with Crippen molar-refractivity contribution in [2.24, 2.45) is 7.05 Å². The maximum atomic E-state index is 12.8. The minimum Gasteiger partial charge on any atom is -0.308 e. The number of nitrogens with one attached hydrogen (secondary N) is 1. The number of nitrogens with zero attached hydrogens (tertiary/aromatic N) is 2. The molecule has 0 bridgehead atoms. The van der Waals surface area contributed by atoms with E-state index in [-0.39, 0.29) is 5.82 Å². The fraction of sp³-hybridized carbons (Fsp3) is 0.400. The summed E-state index contributed by atoms with van der Waals surface area (Å²) in [5.74, 6) is 0.415. The second-order valence-electron chi connectivity index (χ2n) is 5.24. The number of benzene rings is 1. The standard InChI is InChI=1S/C15H18FN3/c1-19-15(6-7-18-19)10-17-14-8-12(9-14)11-2-4-13(16)5-3-11/h2-7,12,14,17H,8-10H2,1H3. The van der Waals surface area contributed by atoms with Gasteiger partial charge in [0.2, 0.25) is 0 Å². The monoisotopic (exact) mass is 259 g/mol. The van der Waals surface area contributed by atoms with Crippen LogP contribution in [0.3, 0.4) is 0 Å². The predicted octanol–water partition coefficient (Wildman–Crippen LogP) is 2.60. The van der Waals surface area contributed by atoms with Crippen LogP contribution in [0.25, 0.3) is 0 Å². The zero-order valence-corrected chi connectivity index (χ0v) is 11.0. The molecule has 0 amide bonds. The maximum Gasteiger partial charge on any atom is 0.123 e. The van der Waals surface area contributed by atoms with E-state index < -0.39 is 0 Å². The summed E-state index contributed by atoms with van der Waals surface area (Å²) in [4.78, 5) is 0. The maximum absolute atomic E-state index is 12.8. The highest BCUT2D eigenvalue weighted by Crippen LogP contribution is 2.36. The first kappa shape index (κ1) is 12.4. The van der Waals surface area contributed by atoms with Gasteiger partial charge in [0.15, 0.2) is 0 Å². The Balaban J connectivity index is 1.48. The second-order valence-corrected chi connectivity index (χ2v) is 5.24. The molecule has 1 aliphatic carbocycles. The van der Waals surface area contributed by atoms with E-state index >= 15 is 0 Å². The fourth-order valence-electron chi connectivity index (χ4n) is 2.62. The first-order valence-corrected chi connectivity index (χ1v) is 6.68. The van der Waals surface area contributed by atoms with Crippen LogP contribution >= 0.6 is 0 Å². The van der Waals surface area contributed by atoms with Crippen LogP contribution in [0.5, 0.6) is 0 Å². The molecule has 0 unspecified atom stereocenters. The lowest BCUT2D eigenvalue weighted by Gasteiger charge is -2.36. The molecule has 1 heterocycles. The van der Waals surface area contributed by atoms with Gasteiger partial charge in [0, 0.05) is 25.8 Å². The zero-order valence-electron chi connectivity index (χ0n) is 11.0. The van der Waals surface area contributed by atoms with Crippen LogP contribution in [0.1, 0.15) is 30.0 Å². The molecule has 1 fully saturated rings. The van der Waals surface area contributed by atoms with Crippen molar-refractivity contribution in [2.45, 2.75) is 31.3 Å². The van der Waals surface area contributed by atoms with E-state index in [2.05, 4.69) is 10.4 Å². The molecule has 19 heavy (non-hydrogen) atoms. The second kappa shape index (κ2) is 5.13. The van der Waals surface area contributed by atoms with E-state index in [1.807, 2.05) is 36.1 Å². The summed E-state index contributed by atoms with van der Waals surface area (Å²) in [5, 5.41) is 7.69. The van der Waals surface area contributed by atoms with Crippen LogP contribution in [0.4, 0.5) is 4.39 Å². The molecule has 1 aromatic heterocycles. The average Bonchev–Trinajstić information content (AvgIpc) is 2.75. The highest BCUT2D eigenvalue weighted by molar-refractivity contribution is 5.23. The normalized spacial score (nSPS) is 22.2. The van der Waals surface area contributed by atoms with E-state index in [0.29, 0.717) is 12.0 Å². The SMILES string of the molecule is Cn1nccc1CNC1CC(c2ccc(F)cc2)C1. The van der Waals surface area contributed by atoms with Crippen LogP contribution in [-0.2, 0) is 13.6 Å². The molecule has 1 aliphatic rings. The summed E-state index contributed by atoms with van der Waals surface area (Å²) < 4.78 is 14.7. The Labute approximate surface area is 112 Å². The van der Waals surface area contributed by atoms with Crippen LogP contribution in [0.2, 0.25) is 0 Å². The molecule has 1 aromatic carbocycles. The first-order valence-electron chi connectivity index (χ1n) is 6.68. The summed E-state index contributed by atoms with van der Waals surface area (Å²) in [6.45, 7) is 0.858. The molecule has 2 aromatic rings. The minimum atomic E-state index is -0.158. The van der Waals surface area contributed by atoms with E-state index in [0.717, 1.165) is 19.4 Å². The van der Waals surface area contributed by atoms with Gasteiger partial charge in [0.1, 0.15) is 5.82 Å². The Morgan fingerprint density at radius 2 is 2.00 bits per heavy atom. The van der Waals surface area contributed by atoms with Crippen molar-refractivity contribution < 1.29 is 4.39 Å². The molecule has 4 heteroatoms. The van der Waals surface area contributed by atoms with Gasteiger partial charge in [-0.1, -0.05) is 12.1 Å². The number of rotatable bonds is 4. The van der Waals surface area contributed by atoms with E-state index in [4.69, 9.17) is 0 Å². The summed E-state index contributed by atoms with van der Waals surface area (Å²) in [7, 11) is 1.96. The Hall–Kier alpha value is -1.68. The number of hydrogen-bond donors (Lipinski definition) is 1. The lowest BCUT2D eigenvalue weighted by molar-refractivity contribution is 0.287. The molecular formula is C15H18FN3. The molecule has 100 valence electrons. The lowest BCUT2D eigenvalue weighted by atomic mass is 9.76. The predicted molar refractivity (Wildman–Crippen MR) is 72.2 cm³/mol. The van der Waals surface area contributed by atoms with Crippen molar-refractivity contribution in [1.82, 2.24) is 15.1 Å². The molecular weight excluding hydrogens is 241 g/mol. The molecule has 0 atom stereocenters. The summed E-state index contributed by atoms with van der Waals surface area (Å²) in [6.07, 6.45) is 4.08. The van der Waals surface area contributed by atoms with Gasteiger partial charge in [-0.25, -0.2) is 4.39 Å². The first-order chi connectivity index (χ1) is 9.22. The van der Waals surface area contributed by atoms with Crippen LogP contribution in [-0.4, -0.2) is 15.8 Å². The van der Waals surface area contributed by atoms with Gasteiger partial charge >= 0.3 is 0 Å². The number of aromatic nitrogens is 2. The number of aryl methyl sites for hydroxylation is 1. The smallest absolute Gasteiger partial charge is 0.123 e. The van der Waals surface area contributed by atoms with Gasteiger partial charge in [-0.05, 0) is 42.5 Å². The Bertz CT molecular complexity index is 541. The molecule has 0 radical (unpaired) electrons. The van der Waals surface area contributed by atoms with Crippen molar-refractivity contribution in [2.75, 3.05) is 0 Å². The summed E-state index contributed by atoms with van der Waals surface area (Å²) in [5.41, 5.74) is 2.45. The lowest BCUT2D eigenvalue weighted by Crippen LogP contribution is -2.39. The highest BCUT2D eigenvalue weighted by Gasteiger charge is 2.29. The van der Waals surface area contributed by atoms with Crippen molar-refractivity contribution >= 4 is 0 Å². The van der Waals surface area contributed by atoms with E-state index in [9.17, 15) is 4.39 Å². The van der Waals surface area contributed by atoms with E-state index in [1.54, 1.807) is 12.1 Å². The van der Waals surface area contributed by atoms with Gasteiger partial charge in [-0.3, -0.25) is 4.68 Å². The van der Waals surface area contributed by atoms with Crippen LogP contribution in [0.15, 0.2) is 36.5 Å². The highest BCUT2D eigenvalue weighted by atomic mass is 19.1.